The van der Waals surface area contributed by atoms with Gasteiger partial charge in [0.25, 0.3) is 5.91 Å². The fourth-order valence-electron chi connectivity index (χ4n) is 2.87. The van der Waals surface area contributed by atoms with Gasteiger partial charge in [-0.1, -0.05) is 29.8 Å². The Labute approximate surface area is 186 Å². The smallest absolute Gasteiger partial charge is 0.266 e. The Morgan fingerprint density at radius 2 is 1.84 bits per heavy atom. The average molecular weight is 433 g/mol. The van der Waals surface area contributed by atoms with Crippen LogP contribution in [0.3, 0.4) is 0 Å². The SMILES string of the molecule is Cc1ccc(COc2ccc(Cl)cc2/C=C(\C#N)C(=O)Nc2ccc(O)cc2)cc1C. The molecule has 0 saturated heterocycles. The number of nitrogens with one attached hydrogen (secondary N) is 1. The van der Waals surface area contributed by atoms with Gasteiger partial charge in [0, 0.05) is 16.3 Å². The zero-order chi connectivity index (χ0) is 22.4. The average Bonchev–Trinajstić information content (AvgIpc) is 2.75. The van der Waals surface area contributed by atoms with Crippen LogP contribution >= 0.6 is 11.6 Å². The second-order valence-electron chi connectivity index (χ2n) is 7.06. The van der Waals surface area contributed by atoms with E-state index in [1.54, 1.807) is 30.3 Å². The first-order valence-corrected chi connectivity index (χ1v) is 9.94. The van der Waals surface area contributed by atoms with Crippen LogP contribution in [0.4, 0.5) is 5.69 Å². The summed E-state index contributed by atoms with van der Waals surface area (Å²) in [5.74, 6) is 0.0135. The zero-order valence-electron chi connectivity index (χ0n) is 17.1. The predicted molar refractivity (Wildman–Crippen MR) is 122 cm³/mol. The van der Waals surface area contributed by atoms with Gasteiger partial charge in [-0.25, -0.2) is 0 Å². The van der Waals surface area contributed by atoms with Crippen molar-refractivity contribution < 1.29 is 14.6 Å². The lowest BCUT2D eigenvalue weighted by atomic mass is 10.1. The highest BCUT2D eigenvalue weighted by molar-refractivity contribution is 6.30. The molecular weight excluding hydrogens is 412 g/mol. The molecule has 2 N–H and O–H groups in total. The molecule has 3 rings (SSSR count). The number of hydrogen-bond acceptors (Lipinski definition) is 4. The van der Waals surface area contributed by atoms with E-state index in [9.17, 15) is 15.2 Å². The molecule has 0 radical (unpaired) electrons. The molecule has 6 heteroatoms. The summed E-state index contributed by atoms with van der Waals surface area (Å²) >= 11 is 6.13. The number of aryl methyl sites for hydroxylation is 2. The fraction of sp³-hybridized carbons (Fsp3) is 0.120. The van der Waals surface area contributed by atoms with Gasteiger partial charge >= 0.3 is 0 Å². The topological polar surface area (TPSA) is 82.3 Å². The van der Waals surface area contributed by atoms with Crippen LogP contribution in [0, 0.1) is 25.2 Å². The van der Waals surface area contributed by atoms with Crippen LogP contribution in [-0.4, -0.2) is 11.0 Å². The number of phenols is 1. The number of carbonyl (C=O) groups is 1. The van der Waals surface area contributed by atoms with Crippen molar-refractivity contribution >= 4 is 29.3 Å². The van der Waals surface area contributed by atoms with Crippen molar-refractivity contribution in [3.8, 4) is 17.6 Å². The van der Waals surface area contributed by atoms with Crippen molar-refractivity contribution in [1.29, 1.82) is 5.26 Å². The summed E-state index contributed by atoms with van der Waals surface area (Å²) in [6.07, 6.45) is 1.44. The van der Waals surface area contributed by atoms with Crippen LogP contribution in [0.25, 0.3) is 6.08 Å². The minimum Gasteiger partial charge on any atom is -0.508 e. The number of amides is 1. The Morgan fingerprint density at radius 3 is 2.52 bits per heavy atom. The minimum absolute atomic E-state index is 0.0820. The van der Waals surface area contributed by atoms with Crippen LogP contribution in [0.15, 0.2) is 66.2 Å². The maximum Gasteiger partial charge on any atom is 0.266 e. The van der Waals surface area contributed by atoms with Crippen LogP contribution in [0.1, 0.15) is 22.3 Å². The van der Waals surface area contributed by atoms with Crippen molar-refractivity contribution in [2.24, 2.45) is 0 Å². The van der Waals surface area contributed by atoms with Crippen molar-refractivity contribution in [2.75, 3.05) is 5.32 Å². The third-order valence-corrected chi connectivity index (χ3v) is 4.96. The normalized spacial score (nSPS) is 11.0. The number of phenolic OH excluding ortho intramolecular Hbond substituents is 1. The molecule has 0 spiro atoms. The fourth-order valence-corrected chi connectivity index (χ4v) is 3.05. The summed E-state index contributed by atoms with van der Waals surface area (Å²) in [5.41, 5.74) is 4.27. The Morgan fingerprint density at radius 1 is 1.10 bits per heavy atom. The Balaban J connectivity index is 1.82. The van der Waals surface area contributed by atoms with Gasteiger partial charge in [-0.05, 0) is 79.1 Å². The number of hydrogen-bond donors (Lipinski definition) is 2. The summed E-state index contributed by atoms with van der Waals surface area (Å²) in [6.45, 7) is 4.43. The van der Waals surface area contributed by atoms with E-state index < -0.39 is 5.91 Å². The lowest BCUT2D eigenvalue weighted by Gasteiger charge is -2.12. The third kappa shape index (κ3) is 5.88. The third-order valence-electron chi connectivity index (χ3n) is 4.73. The molecule has 3 aromatic rings. The molecule has 0 fully saturated rings. The van der Waals surface area contributed by atoms with Crippen molar-refractivity contribution in [1.82, 2.24) is 0 Å². The number of nitrogens with zero attached hydrogens (tertiary/aromatic N) is 1. The quantitative estimate of drug-likeness (QED) is 0.293. The maximum atomic E-state index is 12.5. The van der Waals surface area contributed by atoms with Crippen LogP contribution < -0.4 is 10.1 Å². The Bertz CT molecular complexity index is 1180. The van der Waals surface area contributed by atoms with Gasteiger partial charge in [0.2, 0.25) is 0 Å². The summed E-state index contributed by atoms with van der Waals surface area (Å²) in [7, 11) is 0. The van der Waals surface area contributed by atoms with Gasteiger partial charge in [-0.2, -0.15) is 5.26 Å². The molecule has 0 aliphatic heterocycles. The van der Waals surface area contributed by atoms with Crippen LogP contribution in [-0.2, 0) is 11.4 Å². The molecular formula is C25H21ClN2O3. The van der Waals surface area contributed by atoms with E-state index in [1.807, 2.05) is 25.1 Å². The van der Waals surface area contributed by atoms with E-state index in [-0.39, 0.29) is 11.3 Å². The van der Waals surface area contributed by atoms with Crippen molar-refractivity contribution in [3.63, 3.8) is 0 Å². The second kappa shape index (κ2) is 9.84. The molecule has 0 unspecified atom stereocenters. The first-order chi connectivity index (χ1) is 14.9. The van der Waals surface area contributed by atoms with E-state index in [2.05, 4.69) is 18.3 Å². The van der Waals surface area contributed by atoms with Gasteiger partial charge < -0.3 is 15.2 Å². The second-order valence-corrected chi connectivity index (χ2v) is 7.50. The monoisotopic (exact) mass is 432 g/mol. The van der Waals surface area contributed by atoms with Gasteiger partial charge in [0.1, 0.15) is 29.7 Å². The highest BCUT2D eigenvalue weighted by atomic mass is 35.5. The highest BCUT2D eigenvalue weighted by Crippen LogP contribution is 2.27. The van der Waals surface area contributed by atoms with Gasteiger partial charge in [0.15, 0.2) is 0 Å². The van der Waals surface area contributed by atoms with E-state index in [4.69, 9.17) is 16.3 Å². The predicted octanol–water partition coefficient (Wildman–Crippen LogP) is 5.79. The van der Waals surface area contributed by atoms with Gasteiger partial charge in [0.05, 0.1) is 0 Å². The number of ether oxygens (including phenoxy) is 1. The van der Waals surface area contributed by atoms with Crippen LogP contribution in [0.2, 0.25) is 5.02 Å². The molecule has 31 heavy (non-hydrogen) atoms. The number of carbonyl (C=O) groups excluding carboxylic acids is 1. The maximum absolute atomic E-state index is 12.5. The van der Waals surface area contributed by atoms with Gasteiger partial charge in [-0.3, -0.25) is 4.79 Å². The lowest BCUT2D eigenvalue weighted by Crippen LogP contribution is -2.13. The van der Waals surface area contributed by atoms with Gasteiger partial charge in [-0.15, -0.1) is 0 Å². The zero-order valence-corrected chi connectivity index (χ0v) is 17.9. The number of anilines is 1. The Hall–Kier alpha value is -3.75. The standard InChI is InChI=1S/C25H21ClN2O3/c1-16-3-4-18(11-17(16)2)15-31-24-10-5-21(26)13-19(24)12-20(14-27)25(30)28-22-6-8-23(29)9-7-22/h3-13,29H,15H2,1-2H3,(H,28,30)/b20-12+. The lowest BCUT2D eigenvalue weighted by molar-refractivity contribution is -0.112. The molecule has 0 aromatic heterocycles. The number of halogens is 1. The summed E-state index contributed by atoms with van der Waals surface area (Å²) in [6, 6.07) is 19.0. The van der Waals surface area contributed by atoms with E-state index in [1.165, 1.54) is 29.3 Å². The van der Waals surface area contributed by atoms with E-state index in [0.29, 0.717) is 28.6 Å². The molecule has 0 saturated carbocycles. The molecule has 1 amide bonds. The number of nitriles is 1. The molecule has 0 atom stereocenters. The summed E-state index contributed by atoms with van der Waals surface area (Å²) < 4.78 is 5.96. The van der Waals surface area contributed by atoms with E-state index in [0.717, 1.165) is 5.56 Å². The largest absolute Gasteiger partial charge is 0.508 e. The minimum atomic E-state index is -0.576. The van der Waals surface area contributed by atoms with Crippen LogP contribution in [0.5, 0.6) is 11.5 Å². The first-order valence-electron chi connectivity index (χ1n) is 9.56. The van der Waals surface area contributed by atoms with Crippen molar-refractivity contribution in [3.05, 3.63) is 93.5 Å². The number of rotatable bonds is 6. The summed E-state index contributed by atoms with van der Waals surface area (Å²) in [5, 5.41) is 22.0. The molecule has 0 aliphatic carbocycles. The molecule has 0 aliphatic rings. The first kappa shape index (κ1) is 21.9. The summed E-state index contributed by atoms with van der Waals surface area (Å²) in [4.78, 5) is 12.5. The molecule has 0 bridgehead atoms. The Kier molecular flexibility index (Phi) is 6.96. The highest BCUT2D eigenvalue weighted by Gasteiger charge is 2.12. The number of benzene rings is 3. The van der Waals surface area contributed by atoms with E-state index >= 15 is 0 Å². The molecule has 156 valence electrons. The van der Waals surface area contributed by atoms with Crippen molar-refractivity contribution in [2.45, 2.75) is 20.5 Å². The number of aromatic hydroxyl groups is 1. The molecule has 3 aromatic carbocycles. The molecule has 5 nitrogen and oxygen atoms in total. The molecule has 0 heterocycles.